The van der Waals surface area contributed by atoms with E-state index in [1.807, 2.05) is 13.8 Å². The summed E-state index contributed by atoms with van der Waals surface area (Å²) < 4.78 is 24.5. The molecule has 3 aromatic rings. The molecule has 0 spiro atoms. The molecule has 8 nitrogen and oxygen atoms in total. The molecule has 0 aliphatic heterocycles. The van der Waals surface area contributed by atoms with Crippen molar-refractivity contribution >= 4 is 29.9 Å². The molecule has 0 bridgehead atoms. The summed E-state index contributed by atoms with van der Waals surface area (Å²) in [5, 5.41) is 13.4. The Balaban J connectivity index is 0.00000320. The van der Waals surface area contributed by atoms with Crippen molar-refractivity contribution < 1.29 is 13.5 Å². The average molecular weight is 528 g/mol. The van der Waals surface area contributed by atoms with Crippen molar-refractivity contribution in [2.45, 2.75) is 32.9 Å². The van der Waals surface area contributed by atoms with E-state index in [2.05, 4.69) is 30.8 Å². The molecular formula is C20H26FIN6O2. The molecule has 0 aliphatic rings. The molecule has 0 radical (unpaired) electrons. The number of guanidine groups is 1. The van der Waals surface area contributed by atoms with E-state index in [1.54, 1.807) is 30.5 Å². The van der Waals surface area contributed by atoms with E-state index in [0.29, 0.717) is 48.8 Å². The van der Waals surface area contributed by atoms with Gasteiger partial charge in [0.05, 0.1) is 12.8 Å². The third kappa shape index (κ3) is 7.01. The van der Waals surface area contributed by atoms with Crippen LogP contribution in [0.5, 0.6) is 5.75 Å². The minimum atomic E-state index is -0.318. The van der Waals surface area contributed by atoms with Crippen LogP contribution >= 0.6 is 24.0 Å². The Morgan fingerprint density at radius 1 is 1.27 bits per heavy atom. The third-order valence-electron chi connectivity index (χ3n) is 4.06. The smallest absolute Gasteiger partial charge is 0.216 e. The van der Waals surface area contributed by atoms with Gasteiger partial charge in [-0.2, -0.15) is 0 Å². The zero-order valence-corrected chi connectivity index (χ0v) is 19.2. The van der Waals surface area contributed by atoms with Crippen LogP contribution in [0, 0.1) is 5.82 Å². The number of aliphatic imine (C=N–C) groups is 1. The lowest BCUT2D eigenvalue weighted by molar-refractivity contribution is 0.198. The van der Waals surface area contributed by atoms with Gasteiger partial charge in [0.25, 0.3) is 0 Å². The molecule has 0 aliphatic carbocycles. The lowest BCUT2D eigenvalue weighted by atomic mass is 10.2. The zero-order chi connectivity index (χ0) is 20.5. The third-order valence-corrected chi connectivity index (χ3v) is 4.06. The van der Waals surface area contributed by atoms with Crippen LogP contribution in [-0.2, 0) is 6.54 Å². The van der Waals surface area contributed by atoms with Gasteiger partial charge in [-0.25, -0.2) is 14.4 Å². The van der Waals surface area contributed by atoms with Crippen LogP contribution in [0.25, 0.3) is 11.6 Å². The predicted octanol–water partition coefficient (Wildman–Crippen LogP) is 3.73. The maximum absolute atomic E-state index is 13.3. The highest BCUT2D eigenvalue weighted by molar-refractivity contribution is 14.0. The number of halogens is 2. The minimum Gasteiger partial charge on any atom is -0.489 e. The molecule has 0 saturated carbocycles. The summed E-state index contributed by atoms with van der Waals surface area (Å²) in [6.45, 7) is 5.56. The number of aromatic nitrogens is 3. The van der Waals surface area contributed by atoms with Crippen LogP contribution in [0.2, 0.25) is 0 Å². The van der Waals surface area contributed by atoms with E-state index >= 15 is 0 Å². The molecule has 10 heteroatoms. The zero-order valence-electron chi connectivity index (χ0n) is 16.9. The number of furan rings is 1. The fourth-order valence-corrected chi connectivity index (χ4v) is 2.59. The first-order chi connectivity index (χ1) is 14.2. The standard InChI is InChI=1S/C20H25FN6O2.HI/c1-3-15(29-16-8-5-7-14(21)11-16)12-23-20(22-4-2)24-13-18-25-19(27-26-18)17-9-6-10-28-17;/h5-11,15H,3-4,12-13H2,1-2H3,(H2,22,23,24)(H,25,26,27);1H. The summed E-state index contributed by atoms with van der Waals surface area (Å²) in [7, 11) is 0. The lowest BCUT2D eigenvalue weighted by Gasteiger charge is -2.20. The van der Waals surface area contributed by atoms with E-state index in [4.69, 9.17) is 9.15 Å². The first-order valence-corrected chi connectivity index (χ1v) is 9.57. The van der Waals surface area contributed by atoms with Crippen LogP contribution in [0.3, 0.4) is 0 Å². The van der Waals surface area contributed by atoms with Gasteiger partial charge in [0.15, 0.2) is 11.7 Å². The number of benzene rings is 1. The normalized spacial score (nSPS) is 12.2. The van der Waals surface area contributed by atoms with Crippen molar-refractivity contribution in [2.75, 3.05) is 13.1 Å². The van der Waals surface area contributed by atoms with Crippen molar-refractivity contribution in [3.8, 4) is 17.3 Å². The highest BCUT2D eigenvalue weighted by atomic mass is 127. The van der Waals surface area contributed by atoms with E-state index in [1.165, 1.54) is 12.1 Å². The molecular weight excluding hydrogens is 502 g/mol. The Morgan fingerprint density at radius 2 is 2.13 bits per heavy atom. The number of nitrogens with one attached hydrogen (secondary N) is 3. The molecule has 1 unspecified atom stereocenters. The fourth-order valence-electron chi connectivity index (χ4n) is 2.59. The SMILES string of the molecule is CCNC(=NCc1nc(-c2ccco2)n[nH]1)NCC(CC)Oc1cccc(F)c1.I. The topological polar surface area (TPSA) is 100 Å². The van der Waals surface area contributed by atoms with Gasteiger partial charge in [-0.05, 0) is 37.6 Å². The van der Waals surface area contributed by atoms with E-state index in [-0.39, 0.29) is 35.9 Å². The molecule has 30 heavy (non-hydrogen) atoms. The molecule has 2 heterocycles. The van der Waals surface area contributed by atoms with Gasteiger partial charge in [0.1, 0.15) is 30.0 Å². The van der Waals surface area contributed by atoms with Crippen LogP contribution in [0.15, 0.2) is 52.1 Å². The van der Waals surface area contributed by atoms with Crippen LogP contribution in [0.4, 0.5) is 4.39 Å². The summed E-state index contributed by atoms with van der Waals surface area (Å²) in [6, 6.07) is 9.72. The number of ether oxygens (including phenoxy) is 1. The predicted molar refractivity (Wildman–Crippen MR) is 123 cm³/mol. The summed E-state index contributed by atoms with van der Waals surface area (Å²) >= 11 is 0. The molecule has 0 saturated heterocycles. The van der Waals surface area contributed by atoms with Gasteiger partial charge in [-0.1, -0.05) is 13.0 Å². The number of rotatable bonds is 9. The van der Waals surface area contributed by atoms with Gasteiger partial charge >= 0.3 is 0 Å². The van der Waals surface area contributed by atoms with Crippen LogP contribution < -0.4 is 15.4 Å². The number of nitrogens with zero attached hydrogens (tertiary/aromatic N) is 3. The summed E-state index contributed by atoms with van der Waals surface area (Å²) in [5.74, 6) is 2.53. The quantitative estimate of drug-likeness (QED) is 0.222. The Morgan fingerprint density at radius 3 is 2.83 bits per heavy atom. The molecule has 1 aromatic carbocycles. The molecule has 1 atom stereocenters. The van der Waals surface area contributed by atoms with Gasteiger partial charge in [0, 0.05) is 12.6 Å². The largest absolute Gasteiger partial charge is 0.489 e. The summed E-state index contributed by atoms with van der Waals surface area (Å²) in [5.41, 5.74) is 0. The van der Waals surface area contributed by atoms with Gasteiger partial charge in [0.2, 0.25) is 5.82 Å². The van der Waals surface area contributed by atoms with Crippen molar-refractivity contribution in [2.24, 2.45) is 4.99 Å². The molecule has 162 valence electrons. The second-order valence-corrected chi connectivity index (χ2v) is 6.26. The first kappa shape index (κ1) is 23.6. The lowest BCUT2D eigenvalue weighted by Crippen LogP contribution is -2.42. The Bertz CT molecular complexity index is 916. The average Bonchev–Trinajstić information content (AvgIpc) is 3.40. The molecule has 0 amide bonds. The van der Waals surface area contributed by atoms with Crippen LogP contribution in [-0.4, -0.2) is 40.3 Å². The Labute approximate surface area is 191 Å². The second kappa shape index (κ2) is 12.2. The maximum Gasteiger partial charge on any atom is 0.216 e. The highest BCUT2D eigenvalue weighted by Gasteiger charge is 2.11. The summed E-state index contributed by atoms with van der Waals surface area (Å²) in [6.07, 6.45) is 2.21. The molecule has 0 fully saturated rings. The number of H-pyrrole nitrogens is 1. The molecule has 3 rings (SSSR count). The van der Waals surface area contributed by atoms with Crippen LogP contribution in [0.1, 0.15) is 26.1 Å². The molecule has 3 N–H and O–H groups in total. The van der Waals surface area contributed by atoms with Gasteiger partial charge in [-0.15, -0.1) is 29.1 Å². The number of hydrogen-bond acceptors (Lipinski definition) is 5. The minimum absolute atomic E-state index is 0. The molecule has 2 aromatic heterocycles. The van der Waals surface area contributed by atoms with Crippen molar-refractivity contribution in [3.63, 3.8) is 0 Å². The van der Waals surface area contributed by atoms with Crippen molar-refractivity contribution in [3.05, 3.63) is 54.3 Å². The second-order valence-electron chi connectivity index (χ2n) is 6.26. The Kier molecular flexibility index (Phi) is 9.58. The fraction of sp³-hybridized carbons (Fsp3) is 0.350. The number of hydrogen-bond donors (Lipinski definition) is 3. The Hall–Kier alpha value is -2.63. The monoisotopic (exact) mass is 528 g/mol. The maximum atomic E-state index is 13.3. The number of aromatic amines is 1. The summed E-state index contributed by atoms with van der Waals surface area (Å²) in [4.78, 5) is 8.90. The van der Waals surface area contributed by atoms with E-state index < -0.39 is 0 Å². The van der Waals surface area contributed by atoms with Crippen molar-refractivity contribution in [1.29, 1.82) is 0 Å². The van der Waals surface area contributed by atoms with E-state index in [0.717, 1.165) is 6.42 Å². The van der Waals surface area contributed by atoms with Gasteiger partial charge in [-0.3, -0.25) is 5.10 Å². The first-order valence-electron chi connectivity index (χ1n) is 9.57. The van der Waals surface area contributed by atoms with Crippen molar-refractivity contribution in [1.82, 2.24) is 25.8 Å². The van der Waals surface area contributed by atoms with Gasteiger partial charge < -0.3 is 19.8 Å². The highest BCUT2D eigenvalue weighted by Crippen LogP contribution is 2.15. The van der Waals surface area contributed by atoms with E-state index in [9.17, 15) is 4.39 Å².